The lowest BCUT2D eigenvalue weighted by Gasteiger charge is -2.24. The Balaban J connectivity index is 3.14. The van der Waals surface area contributed by atoms with E-state index >= 15 is 0 Å². The molecule has 1 rings (SSSR count). The van der Waals surface area contributed by atoms with Gasteiger partial charge in [0.25, 0.3) is 0 Å². The SMILES string of the molecule is CCN(CC)c1c(F)cccc1CN. The van der Waals surface area contributed by atoms with Crippen molar-refractivity contribution in [2.45, 2.75) is 20.4 Å². The first kappa shape index (κ1) is 11.0. The molecule has 0 aliphatic heterocycles. The highest BCUT2D eigenvalue weighted by Gasteiger charge is 2.11. The molecule has 3 heteroatoms. The molecule has 0 saturated carbocycles. The van der Waals surface area contributed by atoms with Crippen LogP contribution >= 0.6 is 0 Å². The highest BCUT2D eigenvalue weighted by Crippen LogP contribution is 2.23. The van der Waals surface area contributed by atoms with E-state index in [0.717, 1.165) is 18.7 Å². The van der Waals surface area contributed by atoms with Gasteiger partial charge in [-0.3, -0.25) is 0 Å². The molecule has 0 radical (unpaired) electrons. The average Bonchev–Trinajstić information content (AvgIpc) is 2.22. The fourth-order valence-corrected chi connectivity index (χ4v) is 1.62. The Labute approximate surface area is 84.5 Å². The zero-order valence-electron chi connectivity index (χ0n) is 8.76. The maximum atomic E-state index is 13.6. The zero-order chi connectivity index (χ0) is 10.6. The summed E-state index contributed by atoms with van der Waals surface area (Å²) in [5, 5.41) is 0. The van der Waals surface area contributed by atoms with Gasteiger partial charge in [0.05, 0.1) is 5.69 Å². The molecule has 0 aliphatic carbocycles. The molecule has 0 spiro atoms. The van der Waals surface area contributed by atoms with Crippen molar-refractivity contribution in [2.75, 3.05) is 18.0 Å². The van der Waals surface area contributed by atoms with Crippen molar-refractivity contribution in [3.8, 4) is 0 Å². The predicted octanol–water partition coefficient (Wildman–Crippen LogP) is 2.13. The second-order valence-electron chi connectivity index (χ2n) is 3.12. The molecule has 78 valence electrons. The molecule has 0 amide bonds. The third-order valence-electron chi connectivity index (χ3n) is 2.37. The smallest absolute Gasteiger partial charge is 0.146 e. The molecule has 0 heterocycles. The van der Waals surface area contributed by atoms with Crippen LogP contribution < -0.4 is 10.6 Å². The molecule has 0 aliphatic rings. The minimum absolute atomic E-state index is 0.184. The fourth-order valence-electron chi connectivity index (χ4n) is 1.62. The maximum absolute atomic E-state index is 13.6. The maximum Gasteiger partial charge on any atom is 0.146 e. The Morgan fingerprint density at radius 3 is 2.43 bits per heavy atom. The summed E-state index contributed by atoms with van der Waals surface area (Å²) in [6.45, 7) is 5.99. The number of halogens is 1. The Hall–Kier alpha value is -1.09. The number of anilines is 1. The van der Waals surface area contributed by atoms with E-state index < -0.39 is 0 Å². The standard InChI is InChI=1S/C11H17FN2/c1-3-14(4-2)11-9(8-13)6-5-7-10(11)12/h5-7H,3-4,8,13H2,1-2H3. The summed E-state index contributed by atoms with van der Waals surface area (Å²) >= 11 is 0. The van der Waals surface area contributed by atoms with Crippen LogP contribution in [0.3, 0.4) is 0 Å². The molecule has 0 unspecified atom stereocenters. The van der Waals surface area contributed by atoms with Crippen molar-refractivity contribution >= 4 is 5.69 Å². The monoisotopic (exact) mass is 196 g/mol. The van der Waals surface area contributed by atoms with E-state index in [2.05, 4.69) is 0 Å². The van der Waals surface area contributed by atoms with E-state index in [1.54, 1.807) is 6.07 Å². The van der Waals surface area contributed by atoms with Crippen LogP contribution in [-0.2, 0) is 6.54 Å². The van der Waals surface area contributed by atoms with Gasteiger partial charge >= 0.3 is 0 Å². The van der Waals surface area contributed by atoms with E-state index in [-0.39, 0.29) is 5.82 Å². The van der Waals surface area contributed by atoms with Crippen molar-refractivity contribution in [2.24, 2.45) is 5.73 Å². The summed E-state index contributed by atoms with van der Waals surface area (Å²) < 4.78 is 13.6. The molecule has 0 saturated heterocycles. The van der Waals surface area contributed by atoms with Gasteiger partial charge in [-0.2, -0.15) is 0 Å². The zero-order valence-corrected chi connectivity index (χ0v) is 8.76. The topological polar surface area (TPSA) is 29.3 Å². The summed E-state index contributed by atoms with van der Waals surface area (Å²) in [5.41, 5.74) is 7.10. The Morgan fingerprint density at radius 2 is 1.93 bits per heavy atom. The third kappa shape index (κ3) is 2.04. The second-order valence-corrected chi connectivity index (χ2v) is 3.12. The van der Waals surface area contributed by atoms with Crippen LogP contribution in [0.5, 0.6) is 0 Å². The fraction of sp³-hybridized carbons (Fsp3) is 0.455. The van der Waals surface area contributed by atoms with Crippen LogP contribution in [0.2, 0.25) is 0 Å². The Morgan fingerprint density at radius 1 is 1.29 bits per heavy atom. The van der Waals surface area contributed by atoms with Crippen molar-refractivity contribution in [3.63, 3.8) is 0 Å². The van der Waals surface area contributed by atoms with Gasteiger partial charge in [-0.05, 0) is 25.5 Å². The van der Waals surface area contributed by atoms with Crippen molar-refractivity contribution in [1.82, 2.24) is 0 Å². The van der Waals surface area contributed by atoms with Gasteiger partial charge < -0.3 is 10.6 Å². The van der Waals surface area contributed by atoms with Gasteiger partial charge in [0, 0.05) is 19.6 Å². The molecule has 0 aromatic heterocycles. The molecular weight excluding hydrogens is 179 g/mol. The molecule has 2 N–H and O–H groups in total. The van der Waals surface area contributed by atoms with Crippen molar-refractivity contribution in [3.05, 3.63) is 29.6 Å². The van der Waals surface area contributed by atoms with E-state index in [4.69, 9.17) is 5.73 Å². The highest BCUT2D eigenvalue weighted by atomic mass is 19.1. The minimum atomic E-state index is -0.184. The number of rotatable bonds is 4. The van der Waals surface area contributed by atoms with Crippen molar-refractivity contribution < 1.29 is 4.39 Å². The van der Waals surface area contributed by atoms with Gasteiger partial charge in [-0.1, -0.05) is 12.1 Å². The lowest BCUT2D eigenvalue weighted by atomic mass is 10.1. The Kier molecular flexibility index (Phi) is 3.89. The van der Waals surface area contributed by atoms with Crippen LogP contribution in [-0.4, -0.2) is 13.1 Å². The normalized spacial score (nSPS) is 10.3. The van der Waals surface area contributed by atoms with Crippen molar-refractivity contribution in [1.29, 1.82) is 0 Å². The first-order chi connectivity index (χ1) is 6.74. The molecule has 1 aromatic carbocycles. The predicted molar refractivity (Wildman–Crippen MR) is 57.9 cm³/mol. The number of benzene rings is 1. The molecule has 14 heavy (non-hydrogen) atoms. The van der Waals surface area contributed by atoms with Gasteiger partial charge in [0.2, 0.25) is 0 Å². The lowest BCUT2D eigenvalue weighted by molar-refractivity contribution is 0.617. The highest BCUT2D eigenvalue weighted by molar-refractivity contribution is 5.54. The van der Waals surface area contributed by atoms with E-state index in [1.165, 1.54) is 6.07 Å². The largest absolute Gasteiger partial charge is 0.369 e. The van der Waals surface area contributed by atoms with Gasteiger partial charge in [-0.15, -0.1) is 0 Å². The quantitative estimate of drug-likeness (QED) is 0.799. The van der Waals surface area contributed by atoms with Gasteiger partial charge in [0.15, 0.2) is 0 Å². The van der Waals surface area contributed by atoms with Gasteiger partial charge in [0.1, 0.15) is 5.82 Å². The first-order valence-corrected chi connectivity index (χ1v) is 4.97. The minimum Gasteiger partial charge on any atom is -0.369 e. The molecule has 0 fully saturated rings. The van der Waals surface area contributed by atoms with E-state index in [0.29, 0.717) is 12.2 Å². The number of hydrogen-bond donors (Lipinski definition) is 1. The number of para-hydroxylation sites is 1. The van der Waals surface area contributed by atoms with E-state index in [1.807, 2.05) is 24.8 Å². The summed E-state index contributed by atoms with van der Waals surface area (Å²) in [5.74, 6) is -0.184. The summed E-state index contributed by atoms with van der Waals surface area (Å²) in [4.78, 5) is 1.98. The van der Waals surface area contributed by atoms with Crippen LogP contribution in [0.15, 0.2) is 18.2 Å². The molecule has 0 bridgehead atoms. The van der Waals surface area contributed by atoms with Crippen LogP contribution in [0.25, 0.3) is 0 Å². The molecule has 0 atom stereocenters. The Bertz CT molecular complexity index is 295. The first-order valence-electron chi connectivity index (χ1n) is 4.97. The third-order valence-corrected chi connectivity index (χ3v) is 2.37. The number of hydrogen-bond acceptors (Lipinski definition) is 2. The van der Waals surface area contributed by atoms with Crippen LogP contribution in [0.4, 0.5) is 10.1 Å². The molecule has 1 aromatic rings. The molecule has 2 nitrogen and oxygen atoms in total. The molecular formula is C11H17FN2. The van der Waals surface area contributed by atoms with E-state index in [9.17, 15) is 4.39 Å². The summed E-state index contributed by atoms with van der Waals surface area (Å²) in [7, 11) is 0. The number of nitrogens with zero attached hydrogens (tertiary/aromatic N) is 1. The average molecular weight is 196 g/mol. The van der Waals surface area contributed by atoms with Crippen LogP contribution in [0, 0.1) is 5.82 Å². The number of nitrogens with two attached hydrogens (primary N) is 1. The lowest BCUT2D eigenvalue weighted by Crippen LogP contribution is -2.25. The second kappa shape index (κ2) is 4.96. The summed E-state index contributed by atoms with van der Waals surface area (Å²) in [6, 6.07) is 5.05. The van der Waals surface area contributed by atoms with Gasteiger partial charge in [-0.25, -0.2) is 4.39 Å². The summed E-state index contributed by atoms with van der Waals surface area (Å²) in [6.07, 6.45) is 0. The van der Waals surface area contributed by atoms with Crippen LogP contribution in [0.1, 0.15) is 19.4 Å².